The fraction of sp³-hybridized carbons (Fsp3) is 0.273. The molecule has 1 aliphatic heterocycles. The van der Waals surface area contributed by atoms with Crippen LogP contribution in [-0.4, -0.2) is 29.8 Å². The predicted molar refractivity (Wildman–Crippen MR) is 108 cm³/mol. The molecule has 1 saturated heterocycles. The number of hydrogen-bond donors (Lipinski definition) is 1. The molecule has 7 heteroatoms. The van der Waals surface area contributed by atoms with E-state index in [-0.39, 0.29) is 30.2 Å². The molecule has 0 aliphatic carbocycles. The molecule has 3 rings (SSSR count). The summed E-state index contributed by atoms with van der Waals surface area (Å²) < 4.78 is 5.26. The summed E-state index contributed by atoms with van der Waals surface area (Å²) in [7, 11) is 0. The van der Waals surface area contributed by atoms with Crippen molar-refractivity contribution in [3.05, 3.63) is 59.2 Å². The van der Waals surface area contributed by atoms with Crippen molar-refractivity contribution in [3.63, 3.8) is 0 Å². The van der Waals surface area contributed by atoms with E-state index < -0.39 is 18.0 Å². The van der Waals surface area contributed by atoms with E-state index in [1.54, 1.807) is 0 Å². The second kappa shape index (κ2) is 8.26. The molecule has 150 valence electrons. The number of amides is 3. The van der Waals surface area contributed by atoms with Crippen molar-refractivity contribution < 1.29 is 23.9 Å². The summed E-state index contributed by atoms with van der Waals surface area (Å²) >= 11 is 0. The van der Waals surface area contributed by atoms with Crippen molar-refractivity contribution in [1.29, 1.82) is 0 Å². The third kappa shape index (κ3) is 4.34. The summed E-state index contributed by atoms with van der Waals surface area (Å²) in [6.45, 7) is 5.27. The number of carbonyl (C=O) groups is 4. The second-order valence-electron chi connectivity index (χ2n) is 6.97. The Hall–Kier alpha value is -3.48. The molecular weight excluding hydrogens is 372 g/mol. The van der Waals surface area contributed by atoms with Gasteiger partial charge in [-0.3, -0.25) is 19.3 Å². The number of rotatable bonds is 5. The number of benzene rings is 2. The van der Waals surface area contributed by atoms with Crippen molar-refractivity contribution in [2.45, 2.75) is 39.7 Å². The Morgan fingerprint density at radius 2 is 1.52 bits per heavy atom. The maximum Gasteiger partial charge on any atom is 0.338 e. The smallest absolute Gasteiger partial charge is 0.338 e. The predicted octanol–water partition coefficient (Wildman–Crippen LogP) is 3.14. The lowest BCUT2D eigenvalue weighted by Gasteiger charge is -2.17. The molecule has 0 saturated carbocycles. The van der Waals surface area contributed by atoms with Gasteiger partial charge in [-0.05, 0) is 56.2 Å². The lowest BCUT2D eigenvalue weighted by atomic mass is 10.1. The van der Waals surface area contributed by atoms with E-state index in [2.05, 4.69) is 5.32 Å². The number of para-hydroxylation sites is 1. The van der Waals surface area contributed by atoms with Gasteiger partial charge in [0.1, 0.15) is 0 Å². The van der Waals surface area contributed by atoms with E-state index in [0.29, 0.717) is 11.4 Å². The Morgan fingerprint density at radius 3 is 2.07 bits per heavy atom. The van der Waals surface area contributed by atoms with Crippen LogP contribution < -0.4 is 10.2 Å². The number of carbonyl (C=O) groups excluding carboxylic acids is 4. The van der Waals surface area contributed by atoms with Crippen LogP contribution in [-0.2, 0) is 19.1 Å². The zero-order valence-electron chi connectivity index (χ0n) is 16.5. The minimum absolute atomic E-state index is 0.190. The molecule has 2 aromatic rings. The van der Waals surface area contributed by atoms with Gasteiger partial charge in [0, 0.05) is 18.5 Å². The van der Waals surface area contributed by atoms with E-state index in [9.17, 15) is 19.2 Å². The molecule has 29 heavy (non-hydrogen) atoms. The molecule has 1 fully saturated rings. The van der Waals surface area contributed by atoms with Crippen molar-refractivity contribution in [2.75, 3.05) is 10.2 Å². The van der Waals surface area contributed by atoms with Gasteiger partial charge in [-0.15, -0.1) is 0 Å². The standard InChI is InChI=1S/C22H22N2O5/c1-13-5-4-6-14(2)20(13)23-21(27)15(3)29-22(28)16-7-9-17(10-8-16)24-18(25)11-12-19(24)26/h4-10,15H,11-12H2,1-3H3,(H,23,27)/t15-/m0/s1. The summed E-state index contributed by atoms with van der Waals surface area (Å²) in [5, 5.41) is 2.79. The normalized spacial score (nSPS) is 14.7. The van der Waals surface area contributed by atoms with Gasteiger partial charge in [0.2, 0.25) is 11.8 Å². The SMILES string of the molecule is Cc1cccc(C)c1NC(=O)[C@H](C)OC(=O)c1ccc(N2C(=O)CCC2=O)cc1. The monoisotopic (exact) mass is 394 g/mol. The first kappa shape index (κ1) is 20.3. The number of nitrogens with zero attached hydrogens (tertiary/aromatic N) is 1. The third-order valence-corrected chi connectivity index (χ3v) is 4.80. The largest absolute Gasteiger partial charge is 0.449 e. The number of imide groups is 1. The lowest BCUT2D eigenvalue weighted by molar-refractivity contribution is -0.124. The van der Waals surface area contributed by atoms with Crippen molar-refractivity contribution >= 4 is 35.1 Å². The summed E-state index contributed by atoms with van der Waals surface area (Å²) in [4.78, 5) is 49.5. The zero-order chi connectivity index (χ0) is 21.1. The molecule has 0 bridgehead atoms. The quantitative estimate of drug-likeness (QED) is 0.621. The molecule has 1 aliphatic rings. The minimum atomic E-state index is -0.997. The topological polar surface area (TPSA) is 92.8 Å². The van der Waals surface area contributed by atoms with E-state index in [1.807, 2.05) is 32.0 Å². The van der Waals surface area contributed by atoms with Crippen LogP contribution in [0.25, 0.3) is 0 Å². The molecule has 1 heterocycles. The molecule has 0 spiro atoms. The number of esters is 1. The van der Waals surface area contributed by atoms with E-state index in [1.165, 1.54) is 31.2 Å². The highest BCUT2D eigenvalue weighted by molar-refractivity contribution is 6.19. The Bertz CT molecular complexity index is 945. The van der Waals surface area contributed by atoms with Crippen LogP contribution in [0.1, 0.15) is 41.3 Å². The Labute approximate surface area is 168 Å². The van der Waals surface area contributed by atoms with Crippen LogP contribution in [0.3, 0.4) is 0 Å². The fourth-order valence-corrected chi connectivity index (χ4v) is 3.13. The summed E-state index contributed by atoms with van der Waals surface area (Å²) in [6, 6.07) is 11.6. The van der Waals surface area contributed by atoms with Crippen LogP contribution >= 0.6 is 0 Å². The second-order valence-corrected chi connectivity index (χ2v) is 6.97. The lowest BCUT2D eigenvalue weighted by Crippen LogP contribution is -2.30. The number of anilines is 2. The highest BCUT2D eigenvalue weighted by Gasteiger charge is 2.30. The minimum Gasteiger partial charge on any atom is -0.449 e. The number of hydrogen-bond acceptors (Lipinski definition) is 5. The molecular formula is C22H22N2O5. The Balaban J connectivity index is 1.64. The maximum atomic E-state index is 12.4. The molecule has 2 aromatic carbocycles. The molecule has 1 N–H and O–H groups in total. The van der Waals surface area contributed by atoms with Crippen LogP contribution in [0.4, 0.5) is 11.4 Å². The van der Waals surface area contributed by atoms with E-state index in [4.69, 9.17) is 4.74 Å². The van der Waals surface area contributed by atoms with Gasteiger partial charge in [0.15, 0.2) is 6.10 Å². The highest BCUT2D eigenvalue weighted by Crippen LogP contribution is 2.23. The summed E-state index contributed by atoms with van der Waals surface area (Å²) in [6.07, 6.45) is -0.617. The van der Waals surface area contributed by atoms with Gasteiger partial charge in [-0.25, -0.2) is 4.79 Å². The third-order valence-electron chi connectivity index (χ3n) is 4.80. The van der Waals surface area contributed by atoms with Crippen molar-refractivity contribution in [3.8, 4) is 0 Å². The Morgan fingerprint density at radius 1 is 0.966 bits per heavy atom. The first-order chi connectivity index (χ1) is 13.8. The number of ether oxygens (including phenoxy) is 1. The van der Waals surface area contributed by atoms with Crippen LogP contribution in [0.15, 0.2) is 42.5 Å². The van der Waals surface area contributed by atoms with Gasteiger partial charge in [-0.2, -0.15) is 0 Å². The van der Waals surface area contributed by atoms with Gasteiger partial charge in [-0.1, -0.05) is 18.2 Å². The van der Waals surface area contributed by atoms with Crippen LogP contribution in [0, 0.1) is 13.8 Å². The van der Waals surface area contributed by atoms with Gasteiger partial charge >= 0.3 is 5.97 Å². The highest BCUT2D eigenvalue weighted by atomic mass is 16.5. The van der Waals surface area contributed by atoms with E-state index >= 15 is 0 Å². The fourth-order valence-electron chi connectivity index (χ4n) is 3.13. The summed E-state index contributed by atoms with van der Waals surface area (Å²) in [5.41, 5.74) is 3.16. The first-order valence-electron chi connectivity index (χ1n) is 9.32. The number of aryl methyl sites for hydroxylation is 2. The molecule has 0 aromatic heterocycles. The molecule has 3 amide bonds. The zero-order valence-corrected chi connectivity index (χ0v) is 16.5. The van der Waals surface area contributed by atoms with Gasteiger partial charge in [0.25, 0.3) is 5.91 Å². The van der Waals surface area contributed by atoms with Crippen molar-refractivity contribution in [2.24, 2.45) is 0 Å². The van der Waals surface area contributed by atoms with Crippen LogP contribution in [0.2, 0.25) is 0 Å². The van der Waals surface area contributed by atoms with Crippen LogP contribution in [0.5, 0.6) is 0 Å². The molecule has 7 nitrogen and oxygen atoms in total. The first-order valence-corrected chi connectivity index (χ1v) is 9.32. The average Bonchev–Trinajstić information content (AvgIpc) is 3.03. The van der Waals surface area contributed by atoms with Gasteiger partial charge < -0.3 is 10.1 Å². The number of nitrogens with one attached hydrogen (secondary N) is 1. The average molecular weight is 394 g/mol. The van der Waals surface area contributed by atoms with Crippen molar-refractivity contribution in [1.82, 2.24) is 0 Å². The maximum absolute atomic E-state index is 12.4. The van der Waals surface area contributed by atoms with E-state index in [0.717, 1.165) is 16.0 Å². The Kier molecular flexibility index (Phi) is 5.77. The molecule has 1 atom stereocenters. The molecule has 0 unspecified atom stereocenters. The van der Waals surface area contributed by atoms with Gasteiger partial charge in [0.05, 0.1) is 11.3 Å². The molecule has 0 radical (unpaired) electrons. The summed E-state index contributed by atoms with van der Waals surface area (Å²) in [5.74, 6) is -1.62.